The van der Waals surface area contributed by atoms with Gasteiger partial charge in [-0.15, -0.1) is 11.3 Å². The molecular formula is C18H25N5O2S. The highest BCUT2D eigenvalue weighted by atomic mass is 32.1. The summed E-state index contributed by atoms with van der Waals surface area (Å²) >= 11 is 1.50. The van der Waals surface area contributed by atoms with Crippen LogP contribution in [0.4, 0.5) is 0 Å². The third-order valence-corrected chi connectivity index (χ3v) is 6.84. The lowest BCUT2D eigenvalue weighted by atomic mass is 9.76. The van der Waals surface area contributed by atoms with E-state index in [1.807, 2.05) is 25.7 Å². The van der Waals surface area contributed by atoms with Crippen molar-refractivity contribution in [3.05, 3.63) is 27.3 Å². The van der Waals surface area contributed by atoms with Gasteiger partial charge in [0.25, 0.3) is 5.91 Å². The zero-order chi connectivity index (χ0) is 18.5. The van der Waals surface area contributed by atoms with E-state index >= 15 is 0 Å². The highest BCUT2D eigenvalue weighted by Crippen LogP contribution is 2.48. The van der Waals surface area contributed by atoms with Crippen LogP contribution >= 0.6 is 11.3 Å². The third-order valence-electron chi connectivity index (χ3n) is 5.78. The summed E-state index contributed by atoms with van der Waals surface area (Å²) in [6.07, 6.45) is 3.05. The molecule has 0 aliphatic carbocycles. The molecule has 0 aromatic carbocycles. The van der Waals surface area contributed by atoms with E-state index in [2.05, 4.69) is 27.1 Å². The molecule has 2 aliphatic heterocycles. The van der Waals surface area contributed by atoms with Gasteiger partial charge in [-0.1, -0.05) is 5.16 Å². The zero-order valence-electron chi connectivity index (χ0n) is 15.8. The van der Waals surface area contributed by atoms with Gasteiger partial charge >= 0.3 is 0 Å². The van der Waals surface area contributed by atoms with Crippen LogP contribution in [0.25, 0.3) is 0 Å². The molecule has 0 N–H and O–H groups in total. The molecule has 26 heavy (non-hydrogen) atoms. The molecule has 2 fully saturated rings. The van der Waals surface area contributed by atoms with E-state index in [0.717, 1.165) is 60.4 Å². The lowest BCUT2D eigenvalue weighted by Crippen LogP contribution is -2.44. The third kappa shape index (κ3) is 3.05. The van der Waals surface area contributed by atoms with Crippen LogP contribution in [0.3, 0.4) is 0 Å². The SMILES string of the molecule is Cc1noc(C2CC3(CCN(C(=O)c4sc(C)nc4C)CC3)CN2C)n1. The molecule has 2 aromatic heterocycles. The second kappa shape index (κ2) is 6.42. The number of piperidine rings is 1. The van der Waals surface area contributed by atoms with Gasteiger partial charge in [-0.2, -0.15) is 4.98 Å². The van der Waals surface area contributed by atoms with Gasteiger partial charge in [-0.3, -0.25) is 9.69 Å². The summed E-state index contributed by atoms with van der Waals surface area (Å²) in [5, 5.41) is 4.89. The fraction of sp³-hybridized carbons (Fsp3) is 0.667. The largest absolute Gasteiger partial charge is 0.338 e. The van der Waals surface area contributed by atoms with Gasteiger partial charge in [0.2, 0.25) is 5.89 Å². The highest BCUT2D eigenvalue weighted by Gasteiger charge is 2.47. The first-order valence-corrected chi connectivity index (χ1v) is 9.92. The number of carbonyl (C=O) groups is 1. The Labute approximate surface area is 157 Å². The summed E-state index contributed by atoms with van der Waals surface area (Å²) in [4.78, 5) is 26.8. The van der Waals surface area contributed by atoms with Crippen molar-refractivity contribution in [3.8, 4) is 0 Å². The Morgan fingerprint density at radius 3 is 2.54 bits per heavy atom. The second-order valence-corrected chi connectivity index (χ2v) is 8.96. The van der Waals surface area contributed by atoms with Crippen molar-refractivity contribution in [3.63, 3.8) is 0 Å². The molecule has 0 saturated carbocycles. The number of thiazole rings is 1. The molecule has 1 amide bonds. The van der Waals surface area contributed by atoms with Crippen molar-refractivity contribution in [1.82, 2.24) is 24.9 Å². The van der Waals surface area contributed by atoms with E-state index in [9.17, 15) is 4.79 Å². The van der Waals surface area contributed by atoms with E-state index in [-0.39, 0.29) is 17.4 Å². The average Bonchev–Trinajstić information content (AvgIpc) is 3.26. The maximum absolute atomic E-state index is 12.8. The number of nitrogens with zero attached hydrogens (tertiary/aromatic N) is 5. The monoisotopic (exact) mass is 375 g/mol. The van der Waals surface area contributed by atoms with Crippen molar-refractivity contribution in [2.45, 2.75) is 46.1 Å². The summed E-state index contributed by atoms with van der Waals surface area (Å²) in [6, 6.07) is 0.185. The van der Waals surface area contributed by atoms with Crippen LogP contribution in [0, 0.1) is 26.2 Å². The Morgan fingerprint density at radius 2 is 1.96 bits per heavy atom. The molecule has 4 heterocycles. The van der Waals surface area contributed by atoms with Crippen molar-refractivity contribution in [2.75, 3.05) is 26.7 Å². The fourth-order valence-electron chi connectivity index (χ4n) is 4.41. The zero-order valence-corrected chi connectivity index (χ0v) is 16.6. The molecule has 2 aromatic rings. The average molecular weight is 375 g/mol. The fourth-order valence-corrected chi connectivity index (χ4v) is 5.30. The number of amides is 1. The van der Waals surface area contributed by atoms with Gasteiger partial charge < -0.3 is 9.42 Å². The van der Waals surface area contributed by atoms with E-state index < -0.39 is 0 Å². The first-order valence-electron chi connectivity index (χ1n) is 9.11. The van der Waals surface area contributed by atoms with Gasteiger partial charge in [0.1, 0.15) is 4.88 Å². The minimum atomic E-state index is 0.137. The van der Waals surface area contributed by atoms with Crippen LogP contribution in [0.1, 0.15) is 57.4 Å². The first-order chi connectivity index (χ1) is 12.4. The molecule has 140 valence electrons. The van der Waals surface area contributed by atoms with E-state index in [4.69, 9.17) is 4.52 Å². The Morgan fingerprint density at radius 1 is 1.23 bits per heavy atom. The Bertz CT molecular complexity index is 821. The lowest BCUT2D eigenvalue weighted by Gasteiger charge is -2.39. The predicted octanol–water partition coefficient (Wildman–Crippen LogP) is 2.75. The number of rotatable bonds is 2. The van der Waals surface area contributed by atoms with Crippen LogP contribution in [0.2, 0.25) is 0 Å². The van der Waals surface area contributed by atoms with Crippen LogP contribution in [-0.4, -0.2) is 57.5 Å². The summed E-state index contributed by atoms with van der Waals surface area (Å²) in [6.45, 7) is 8.35. The molecule has 2 saturated heterocycles. The Kier molecular flexibility index (Phi) is 4.35. The topological polar surface area (TPSA) is 75.4 Å². The second-order valence-electron chi connectivity index (χ2n) is 7.75. The highest BCUT2D eigenvalue weighted by molar-refractivity contribution is 7.13. The van der Waals surface area contributed by atoms with Gasteiger partial charge in [0.05, 0.1) is 16.7 Å². The van der Waals surface area contributed by atoms with E-state index in [1.165, 1.54) is 11.3 Å². The summed E-state index contributed by atoms with van der Waals surface area (Å²) < 4.78 is 5.41. The number of hydrogen-bond donors (Lipinski definition) is 0. The molecule has 2 aliphatic rings. The Hall–Kier alpha value is -1.80. The van der Waals surface area contributed by atoms with Gasteiger partial charge in [0.15, 0.2) is 5.82 Å². The van der Waals surface area contributed by atoms with E-state index in [1.54, 1.807) is 0 Å². The number of likely N-dealkylation sites (tertiary alicyclic amines) is 2. The van der Waals surface area contributed by atoms with E-state index in [0.29, 0.717) is 5.82 Å². The maximum Gasteiger partial charge on any atom is 0.265 e. The number of aromatic nitrogens is 3. The summed E-state index contributed by atoms with van der Waals surface area (Å²) in [5.41, 5.74) is 1.09. The van der Waals surface area contributed by atoms with Crippen molar-refractivity contribution in [2.24, 2.45) is 5.41 Å². The van der Waals surface area contributed by atoms with Crippen LogP contribution in [0.15, 0.2) is 4.52 Å². The van der Waals surface area contributed by atoms with Gasteiger partial charge in [-0.05, 0) is 52.5 Å². The normalized spacial score (nSPS) is 23.1. The van der Waals surface area contributed by atoms with Crippen molar-refractivity contribution in [1.29, 1.82) is 0 Å². The quantitative estimate of drug-likeness (QED) is 0.803. The minimum Gasteiger partial charge on any atom is -0.338 e. The number of hydrogen-bond acceptors (Lipinski definition) is 7. The number of aryl methyl sites for hydroxylation is 3. The molecule has 0 radical (unpaired) electrons. The molecule has 1 atom stereocenters. The molecule has 7 nitrogen and oxygen atoms in total. The predicted molar refractivity (Wildman–Crippen MR) is 98.2 cm³/mol. The molecule has 1 spiro atoms. The van der Waals surface area contributed by atoms with Crippen molar-refractivity contribution < 1.29 is 9.32 Å². The minimum absolute atomic E-state index is 0.137. The standard InChI is InChI=1S/C18H25N5O2S/c1-11-15(26-13(3)19-11)17(24)23-7-5-18(6-8-23)9-14(22(4)10-18)16-20-12(2)21-25-16/h14H,5-10H2,1-4H3. The smallest absolute Gasteiger partial charge is 0.265 e. The molecule has 1 unspecified atom stereocenters. The molecule has 4 rings (SSSR count). The Balaban J connectivity index is 1.43. The molecule has 8 heteroatoms. The van der Waals surface area contributed by atoms with Gasteiger partial charge in [-0.25, -0.2) is 4.98 Å². The molecular weight excluding hydrogens is 350 g/mol. The lowest BCUT2D eigenvalue weighted by molar-refractivity contribution is 0.0597. The summed E-state index contributed by atoms with van der Waals surface area (Å²) in [5.74, 6) is 1.54. The maximum atomic E-state index is 12.8. The van der Waals surface area contributed by atoms with Crippen LogP contribution < -0.4 is 0 Å². The van der Waals surface area contributed by atoms with Crippen molar-refractivity contribution >= 4 is 17.2 Å². The van der Waals surface area contributed by atoms with Crippen LogP contribution in [0.5, 0.6) is 0 Å². The summed E-state index contributed by atoms with van der Waals surface area (Å²) in [7, 11) is 2.12. The van der Waals surface area contributed by atoms with Crippen LogP contribution in [-0.2, 0) is 0 Å². The molecule has 0 bridgehead atoms. The first kappa shape index (κ1) is 17.6. The number of carbonyl (C=O) groups excluding carboxylic acids is 1. The van der Waals surface area contributed by atoms with Gasteiger partial charge in [0, 0.05) is 19.6 Å².